The van der Waals surface area contributed by atoms with E-state index in [0.29, 0.717) is 13.1 Å². The van der Waals surface area contributed by atoms with Gasteiger partial charge in [0.2, 0.25) is 0 Å². The van der Waals surface area contributed by atoms with Crippen LogP contribution in [0.15, 0.2) is 0 Å². The average Bonchev–Trinajstić information content (AvgIpc) is 2.74. The van der Waals surface area contributed by atoms with E-state index in [0.717, 1.165) is 6.54 Å². The Morgan fingerprint density at radius 2 is 1.89 bits per heavy atom. The maximum Gasteiger partial charge on any atom is 0.326 e. The number of carbonyl (C=O) groups is 2. The lowest BCUT2D eigenvalue weighted by Gasteiger charge is -2.39. The third-order valence-electron chi connectivity index (χ3n) is 4.04. The topological polar surface area (TPSA) is 84.3 Å². The number of likely N-dealkylation sites (tertiary alicyclic amines) is 1. The molecule has 2 heterocycles. The number of rotatable bonds is 1. The Kier molecular flexibility index (Phi) is 3.96. The first kappa shape index (κ1) is 14.1. The van der Waals surface area contributed by atoms with E-state index >= 15 is 0 Å². The van der Waals surface area contributed by atoms with Gasteiger partial charge < -0.3 is 24.9 Å². The summed E-state index contributed by atoms with van der Waals surface area (Å²) in [7, 11) is 2.01. The first-order valence-electron chi connectivity index (χ1n) is 6.56. The Labute approximate surface area is 112 Å². The number of aliphatic hydroxyl groups excluding tert-OH is 1. The SMILES string of the molecule is CC1CN(C(=O)N2C[C@H](O)C[C@H]2C(=O)O)CCN1C. The summed E-state index contributed by atoms with van der Waals surface area (Å²) in [6.07, 6.45) is -0.625. The summed E-state index contributed by atoms with van der Waals surface area (Å²) in [6, 6.07) is -0.921. The Bertz CT molecular complexity index is 376. The Morgan fingerprint density at radius 1 is 1.21 bits per heavy atom. The van der Waals surface area contributed by atoms with E-state index in [1.165, 1.54) is 4.90 Å². The molecule has 2 amide bonds. The number of piperazine rings is 1. The largest absolute Gasteiger partial charge is 0.480 e. The highest BCUT2D eigenvalue weighted by Crippen LogP contribution is 2.21. The molecule has 2 saturated heterocycles. The zero-order chi connectivity index (χ0) is 14.2. The number of likely N-dealkylation sites (N-methyl/N-ethyl adjacent to an activating group) is 1. The molecule has 2 aliphatic heterocycles. The van der Waals surface area contributed by atoms with Crippen molar-refractivity contribution in [1.82, 2.24) is 14.7 Å². The zero-order valence-electron chi connectivity index (χ0n) is 11.3. The molecule has 0 bridgehead atoms. The van der Waals surface area contributed by atoms with Gasteiger partial charge in [-0.3, -0.25) is 0 Å². The molecule has 3 atom stereocenters. The van der Waals surface area contributed by atoms with E-state index in [1.54, 1.807) is 4.90 Å². The predicted molar refractivity (Wildman–Crippen MR) is 67.8 cm³/mol. The van der Waals surface area contributed by atoms with Crippen LogP contribution in [-0.2, 0) is 4.79 Å². The van der Waals surface area contributed by atoms with Crippen molar-refractivity contribution in [2.24, 2.45) is 0 Å². The van der Waals surface area contributed by atoms with Crippen LogP contribution in [0.4, 0.5) is 4.79 Å². The van der Waals surface area contributed by atoms with Crippen molar-refractivity contribution in [1.29, 1.82) is 0 Å². The molecule has 0 aromatic rings. The summed E-state index contributed by atoms with van der Waals surface area (Å²) in [4.78, 5) is 28.6. The fraction of sp³-hybridized carbons (Fsp3) is 0.833. The molecule has 0 spiro atoms. The quantitative estimate of drug-likeness (QED) is 0.656. The second-order valence-electron chi connectivity index (χ2n) is 5.45. The molecule has 0 aliphatic carbocycles. The first-order valence-corrected chi connectivity index (χ1v) is 6.56. The van der Waals surface area contributed by atoms with Crippen LogP contribution in [0, 0.1) is 0 Å². The van der Waals surface area contributed by atoms with Gasteiger partial charge in [-0.25, -0.2) is 9.59 Å². The van der Waals surface area contributed by atoms with Crippen LogP contribution >= 0.6 is 0 Å². The van der Waals surface area contributed by atoms with Crippen molar-refractivity contribution >= 4 is 12.0 Å². The van der Waals surface area contributed by atoms with Gasteiger partial charge in [0.1, 0.15) is 6.04 Å². The van der Waals surface area contributed by atoms with E-state index in [9.17, 15) is 14.7 Å². The number of hydrogen-bond acceptors (Lipinski definition) is 4. The third kappa shape index (κ3) is 2.82. The number of amides is 2. The highest BCUT2D eigenvalue weighted by Gasteiger charge is 2.41. The molecular weight excluding hydrogens is 250 g/mol. The molecular formula is C12H21N3O4. The molecule has 0 aromatic carbocycles. The minimum Gasteiger partial charge on any atom is -0.480 e. The summed E-state index contributed by atoms with van der Waals surface area (Å²) >= 11 is 0. The van der Waals surface area contributed by atoms with Crippen LogP contribution in [0.2, 0.25) is 0 Å². The van der Waals surface area contributed by atoms with Crippen LogP contribution in [0.1, 0.15) is 13.3 Å². The van der Waals surface area contributed by atoms with Crippen molar-refractivity contribution in [2.45, 2.75) is 31.5 Å². The first-order chi connectivity index (χ1) is 8.90. The Balaban J connectivity index is 2.04. The zero-order valence-corrected chi connectivity index (χ0v) is 11.3. The number of aliphatic hydroxyl groups is 1. The number of hydrogen-bond donors (Lipinski definition) is 2. The molecule has 2 N–H and O–H groups in total. The number of β-amino-alcohol motifs (C(OH)–C–C–N with tert-alkyl or cyclic N) is 1. The number of carboxylic acid groups (broad SMARTS) is 1. The monoisotopic (exact) mass is 271 g/mol. The molecule has 7 nitrogen and oxygen atoms in total. The number of carboxylic acids is 1. The Morgan fingerprint density at radius 3 is 2.47 bits per heavy atom. The van der Waals surface area contributed by atoms with Gasteiger partial charge >= 0.3 is 12.0 Å². The predicted octanol–water partition coefficient (Wildman–Crippen LogP) is -0.738. The summed E-state index contributed by atoms with van der Waals surface area (Å²) in [5.74, 6) is -1.05. The second-order valence-corrected chi connectivity index (χ2v) is 5.45. The maximum atomic E-state index is 12.4. The van der Waals surface area contributed by atoms with Gasteiger partial charge in [-0.1, -0.05) is 0 Å². The molecule has 0 saturated carbocycles. The molecule has 2 rings (SSSR count). The maximum absolute atomic E-state index is 12.4. The number of nitrogens with zero attached hydrogens (tertiary/aromatic N) is 3. The van der Waals surface area contributed by atoms with Crippen molar-refractivity contribution in [3.05, 3.63) is 0 Å². The van der Waals surface area contributed by atoms with Crippen molar-refractivity contribution < 1.29 is 19.8 Å². The van der Waals surface area contributed by atoms with E-state index in [4.69, 9.17) is 5.11 Å². The van der Waals surface area contributed by atoms with Gasteiger partial charge in [-0.2, -0.15) is 0 Å². The van der Waals surface area contributed by atoms with Crippen LogP contribution in [0.3, 0.4) is 0 Å². The molecule has 0 aromatic heterocycles. The molecule has 2 aliphatic rings. The van der Waals surface area contributed by atoms with E-state index in [1.807, 2.05) is 14.0 Å². The van der Waals surface area contributed by atoms with Crippen LogP contribution in [0.5, 0.6) is 0 Å². The highest BCUT2D eigenvalue weighted by molar-refractivity contribution is 5.83. The fourth-order valence-electron chi connectivity index (χ4n) is 2.66. The van der Waals surface area contributed by atoms with Crippen molar-refractivity contribution in [2.75, 3.05) is 33.2 Å². The third-order valence-corrected chi connectivity index (χ3v) is 4.04. The van der Waals surface area contributed by atoms with Crippen LogP contribution in [0.25, 0.3) is 0 Å². The lowest BCUT2D eigenvalue weighted by molar-refractivity contribution is -0.141. The molecule has 7 heteroatoms. The smallest absolute Gasteiger partial charge is 0.326 e. The minimum atomic E-state index is -1.05. The van der Waals surface area contributed by atoms with Crippen molar-refractivity contribution in [3.63, 3.8) is 0 Å². The molecule has 0 radical (unpaired) electrons. The molecule has 2 fully saturated rings. The van der Waals surface area contributed by atoms with Crippen LogP contribution < -0.4 is 0 Å². The van der Waals surface area contributed by atoms with Crippen molar-refractivity contribution in [3.8, 4) is 0 Å². The van der Waals surface area contributed by atoms with E-state index in [-0.39, 0.29) is 25.0 Å². The van der Waals surface area contributed by atoms with E-state index in [2.05, 4.69) is 4.90 Å². The van der Waals surface area contributed by atoms with Crippen LogP contribution in [-0.4, -0.2) is 88.3 Å². The van der Waals surface area contributed by atoms with Gasteiger partial charge in [-0.15, -0.1) is 0 Å². The lowest BCUT2D eigenvalue weighted by atomic mass is 10.2. The van der Waals surface area contributed by atoms with Gasteiger partial charge in [0.25, 0.3) is 0 Å². The second kappa shape index (κ2) is 5.34. The fourth-order valence-corrected chi connectivity index (χ4v) is 2.66. The molecule has 19 heavy (non-hydrogen) atoms. The van der Waals surface area contributed by atoms with Gasteiger partial charge in [0, 0.05) is 38.6 Å². The Hall–Kier alpha value is -1.34. The number of urea groups is 1. The van der Waals surface area contributed by atoms with Gasteiger partial charge in [-0.05, 0) is 14.0 Å². The minimum absolute atomic E-state index is 0.108. The normalized spacial score (nSPS) is 32.7. The van der Waals surface area contributed by atoms with E-state index < -0.39 is 18.1 Å². The average molecular weight is 271 g/mol. The van der Waals surface area contributed by atoms with Gasteiger partial charge in [0.05, 0.1) is 6.10 Å². The summed E-state index contributed by atoms with van der Waals surface area (Å²) in [5.41, 5.74) is 0. The lowest BCUT2D eigenvalue weighted by Crippen LogP contribution is -2.56. The molecule has 1 unspecified atom stereocenters. The standard InChI is InChI=1S/C12H21N3O4/c1-8-6-14(4-3-13(8)2)12(19)15-7-9(16)5-10(15)11(17)18/h8-10,16H,3-7H2,1-2H3,(H,17,18)/t8?,9-,10+/m1/s1. The number of carbonyl (C=O) groups excluding carboxylic acids is 1. The molecule has 108 valence electrons. The van der Waals surface area contributed by atoms with Gasteiger partial charge in [0.15, 0.2) is 0 Å². The summed E-state index contributed by atoms with van der Waals surface area (Å²) < 4.78 is 0. The summed E-state index contributed by atoms with van der Waals surface area (Å²) in [5, 5.41) is 18.7. The highest BCUT2D eigenvalue weighted by atomic mass is 16.4. The number of aliphatic carboxylic acids is 1. The summed E-state index contributed by atoms with van der Waals surface area (Å²) in [6.45, 7) is 4.11.